The van der Waals surface area contributed by atoms with E-state index in [-0.39, 0.29) is 0 Å². The monoisotopic (exact) mass is 240 g/mol. The van der Waals surface area contributed by atoms with Gasteiger partial charge in [-0.15, -0.1) is 0 Å². The third-order valence-corrected chi connectivity index (χ3v) is 4.05. The van der Waals surface area contributed by atoms with Crippen molar-refractivity contribution < 1.29 is 0 Å². The van der Waals surface area contributed by atoms with Crippen molar-refractivity contribution in [2.75, 3.05) is 19.6 Å². The van der Waals surface area contributed by atoms with Crippen LogP contribution in [0.5, 0.6) is 0 Å². The predicted molar refractivity (Wildman–Crippen MR) is 76.4 cm³/mol. The molecular formula is C15H32N2. The summed E-state index contributed by atoms with van der Waals surface area (Å²) in [6.45, 7) is 17.8. The fraction of sp³-hybridized carbons (Fsp3) is 1.00. The lowest BCUT2D eigenvalue weighted by atomic mass is 10.0. The Kier molecular flexibility index (Phi) is 5.94. The van der Waals surface area contributed by atoms with Crippen molar-refractivity contribution in [2.24, 2.45) is 5.92 Å². The van der Waals surface area contributed by atoms with Gasteiger partial charge in [0, 0.05) is 31.2 Å². The van der Waals surface area contributed by atoms with Gasteiger partial charge in [-0.05, 0) is 53.0 Å². The molecule has 0 amide bonds. The van der Waals surface area contributed by atoms with Crippen LogP contribution in [0, 0.1) is 5.92 Å². The summed E-state index contributed by atoms with van der Waals surface area (Å²) in [4.78, 5) is 5.33. The molecule has 2 heteroatoms. The molecule has 1 fully saturated rings. The Morgan fingerprint density at radius 3 is 2.18 bits per heavy atom. The van der Waals surface area contributed by atoms with Crippen LogP contribution in [0.3, 0.4) is 0 Å². The molecule has 1 saturated heterocycles. The van der Waals surface area contributed by atoms with Crippen molar-refractivity contribution in [3.05, 3.63) is 0 Å². The van der Waals surface area contributed by atoms with Crippen LogP contribution < -0.4 is 0 Å². The van der Waals surface area contributed by atoms with E-state index in [0.717, 1.165) is 12.0 Å². The zero-order chi connectivity index (χ0) is 13.0. The fourth-order valence-corrected chi connectivity index (χ4v) is 2.96. The maximum atomic E-state index is 2.69. The average molecular weight is 240 g/mol. The molecule has 0 aromatic carbocycles. The topological polar surface area (TPSA) is 6.48 Å². The van der Waals surface area contributed by atoms with Gasteiger partial charge in [-0.1, -0.05) is 13.8 Å². The SMILES string of the molecule is CC(C)CCCN1C[C@H](C)N(C(C)C)C[C@@H]1C. The number of hydrogen-bond acceptors (Lipinski definition) is 2. The molecule has 0 aromatic heterocycles. The Hall–Kier alpha value is -0.0800. The number of rotatable bonds is 5. The zero-order valence-corrected chi connectivity index (χ0v) is 12.7. The third kappa shape index (κ3) is 4.59. The van der Waals surface area contributed by atoms with Crippen LogP contribution in [-0.2, 0) is 0 Å². The van der Waals surface area contributed by atoms with Crippen LogP contribution in [0.2, 0.25) is 0 Å². The van der Waals surface area contributed by atoms with Crippen LogP contribution in [0.15, 0.2) is 0 Å². The Morgan fingerprint density at radius 2 is 1.65 bits per heavy atom. The van der Waals surface area contributed by atoms with E-state index in [9.17, 15) is 0 Å². The second-order valence-corrected chi connectivity index (χ2v) is 6.52. The summed E-state index contributed by atoms with van der Waals surface area (Å²) in [5.41, 5.74) is 0. The summed E-state index contributed by atoms with van der Waals surface area (Å²) < 4.78 is 0. The number of piperazine rings is 1. The standard InChI is InChI=1S/C15H32N2/c1-12(2)8-7-9-16-10-15(6)17(13(3)4)11-14(16)5/h12-15H,7-11H2,1-6H3/t14-,15-/m0/s1. The minimum atomic E-state index is 0.685. The maximum absolute atomic E-state index is 2.69. The van der Waals surface area contributed by atoms with E-state index in [1.165, 1.54) is 32.5 Å². The molecule has 0 aromatic rings. The van der Waals surface area contributed by atoms with E-state index in [0.29, 0.717) is 12.1 Å². The minimum Gasteiger partial charge on any atom is -0.298 e. The van der Waals surface area contributed by atoms with Gasteiger partial charge in [0.15, 0.2) is 0 Å². The lowest BCUT2D eigenvalue weighted by Crippen LogP contribution is -2.58. The van der Waals surface area contributed by atoms with Gasteiger partial charge in [0.1, 0.15) is 0 Å². The first-order chi connectivity index (χ1) is 7.91. The van der Waals surface area contributed by atoms with Gasteiger partial charge in [-0.3, -0.25) is 9.80 Å². The minimum absolute atomic E-state index is 0.685. The summed E-state index contributed by atoms with van der Waals surface area (Å²) in [6.07, 6.45) is 2.72. The lowest BCUT2D eigenvalue weighted by molar-refractivity contribution is 0.0227. The molecule has 17 heavy (non-hydrogen) atoms. The molecule has 1 rings (SSSR count). The molecule has 0 aliphatic carbocycles. The van der Waals surface area contributed by atoms with Crippen LogP contribution in [0.4, 0.5) is 0 Å². The molecule has 1 aliphatic rings. The molecule has 1 aliphatic heterocycles. The summed E-state index contributed by atoms with van der Waals surface area (Å²) in [6, 6.07) is 2.12. The van der Waals surface area contributed by atoms with Crippen LogP contribution in [0.1, 0.15) is 54.4 Å². The largest absolute Gasteiger partial charge is 0.298 e. The quantitative estimate of drug-likeness (QED) is 0.728. The van der Waals surface area contributed by atoms with Gasteiger partial charge in [0.25, 0.3) is 0 Å². The van der Waals surface area contributed by atoms with E-state index >= 15 is 0 Å². The molecule has 0 unspecified atom stereocenters. The van der Waals surface area contributed by atoms with E-state index in [4.69, 9.17) is 0 Å². The Labute approximate surface area is 108 Å². The molecule has 2 atom stereocenters. The smallest absolute Gasteiger partial charge is 0.0198 e. The first kappa shape index (κ1) is 15.0. The average Bonchev–Trinajstić information content (AvgIpc) is 2.21. The highest BCUT2D eigenvalue weighted by molar-refractivity contribution is 4.86. The van der Waals surface area contributed by atoms with Gasteiger partial charge in [0.2, 0.25) is 0 Å². The molecule has 0 N–H and O–H groups in total. The number of nitrogens with zero attached hydrogens (tertiary/aromatic N) is 2. The van der Waals surface area contributed by atoms with Gasteiger partial charge >= 0.3 is 0 Å². The highest BCUT2D eigenvalue weighted by Crippen LogP contribution is 2.18. The molecule has 2 nitrogen and oxygen atoms in total. The van der Waals surface area contributed by atoms with Crippen molar-refractivity contribution in [2.45, 2.75) is 72.5 Å². The first-order valence-corrected chi connectivity index (χ1v) is 7.41. The van der Waals surface area contributed by atoms with Gasteiger partial charge in [0.05, 0.1) is 0 Å². The summed E-state index contributed by atoms with van der Waals surface area (Å²) in [5, 5.41) is 0. The normalized spacial score (nSPS) is 28.2. The third-order valence-electron chi connectivity index (χ3n) is 4.05. The zero-order valence-electron chi connectivity index (χ0n) is 12.7. The van der Waals surface area contributed by atoms with Gasteiger partial charge < -0.3 is 0 Å². The Balaban J connectivity index is 2.38. The second-order valence-electron chi connectivity index (χ2n) is 6.52. The van der Waals surface area contributed by atoms with E-state index in [1.807, 2.05) is 0 Å². The first-order valence-electron chi connectivity index (χ1n) is 7.41. The molecule has 0 bridgehead atoms. The molecule has 0 saturated carbocycles. The predicted octanol–water partition coefficient (Wildman–Crippen LogP) is 3.23. The lowest BCUT2D eigenvalue weighted by Gasteiger charge is -2.46. The van der Waals surface area contributed by atoms with Gasteiger partial charge in [-0.2, -0.15) is 0 Å². The van der Waals surface area contributed by atoms with Crippen molar-refractivity contribution in [1.29, 1.82) is 0 Å². The molecule has 0 spiro atoms. The van der Waals surface area contributed by atoms with Crippen molar-refractivity contribution in [1.82, 2.24) is 9.80 Å². The van der Waals surface area contributed by atoms with Crippen LogP contribution in [-0.4, -0.2) is 47.6 Å². The molecule has 1 heterocycles. The van der Waals surface area contributed by atoms with Crippen molar-refractivity contribution in [3.8, 4) is 0 Å². The highest BCUT2D eigenvalue weighted by atomic mass is 15.3. The van der Waals surface area contributed by atoms with E-state index in [2.05, 4.69) is 51.3 Å². The highest BCUT2D eigenvalue weighted by Gasteiger charge is 2.29. The second kappa shape index (κ2) is 6.75. The Bertz CT molecular complexity index is 213. The number of hydrogen-bond donors (Lipinski definition) is 0. The summed E-state index contributed by atoms with van der Waals surface area (Å²) >= 11 is 0. The fourth-order valence-electron chi connectivity index (χ4n) is 2.96. The molecule has 0 radical (unpaired) electrons. The van der Waals surface area contributed by atoms with Gasteiger partial charge in [-0.25, -0.2) is 0 Å². The Morgan fingerprint density at radius 1 is 1.00 bits per heavy atom. The maximum Gasteiger partial charge on any atom is 0.0198 e. The summed E-state index contributed by atoms with van der Waals surface area (Å²) in [5.74, 6) is 0.847. The van der Waals surface area contributed by atoms with E-state index < -0.39 is 0 Å². The molecule has 102 valence electrons. The van der Waals surface area contributed by atoms with Crippen molar-refractivity contribution >= 4 is 0 Å². The van der Waals surface area contributed by atoms with Crippen LogP contribution in [0.25, 0.3) is 0 Å². The van der Waals surface area contributed by atoms with E-state index in [1.54, 1.807) is 0 Å². The summed E-state index contributed by atoms with van der Waals surface area (Å²) in [7, 11) is 0. The van der Waals surface area contributed by atoms with Crippen LogP contribution >= 0.6 is 0 Å². The molecular weight excluding hydrogens is 208 g/mol. The van der Waals surface area contributed by atoms with Crippen molar-refractivity contribution in [3.63, 3.8) is 0 Å².